The third kappa shape index (κ3) is 6.13. The number of sulfonamides is 1. The molecule has 0 aliphatic heterocycles. The number of aromatic nitrogens is 2. The Labute approximate surface area is 109 Å². The minimum atomic E-state index is -3.08. The summed E-state index contributed by atoms with van der Waals surface area (Å²) in [7, 11) is -3.08. The van der Waals surface area contributed by atoms with Crippen molar-refractivity contribution in [2.45, 2.75) is 39.4 Å². The number of nitrogens with one attached hydrogen (secondary N) is 2. The molecular formula is C11H22N4O2S. The highest BCUT2D eigenvalue weighted by Gasteiger charge is 2.04. The second-order valence-electron chi connectivity index (χ2n) is 4.63. The van der Waals surface area contributed by atoms with E-state index in [1.807, 2.05) is 10.8 Å². The van der Waals surface area contributed by atoms with Gasteiger partial charge in [0.1, 0.15) is 0 Å². The fourth-order valence-electron chi connectivity index (χ4n) is 1.51. The smallest absolute Gasteiger partial charge is 0.208 e. The van der Waals surface area contributed by atoms with Gasteiger partial charge in [-0.15, -0.1) is 0 Å². The van der Waals surface area contributed by atoms with Crippen LogP contribution in [-0.2, 0) is 23.1 Å². The van der Waals surface area contributed by atoms with Gasteiger partial charge in [0.25, 0.3) is 0 Å². The first-order valence-electron chi connectivity index (χ1n) is 6.05. The Morgan fingerprint density at radius 3 is 2.78 bits per heavy atom. The van der Waals surface area contributed by atoms with Crippen molar-refractivity contribution in [2.75, 3.05) is 12.8 Å². The van der Waals surface area contributed by atoms with Gasteiger partial charge in [0.2, 0.25) is 10.0 Å². The summed E-state index contributed by atoms with van der Waals surface area (Å²) in [6, 6.07) is 0.431. The molecule has 0 aromatic carbocycles. The van der Waals surface area contributed by atoms with E-state index in [1.165, 1.54) is 6.26 Å². The zero-order chi connectivity index (χ0) is 13.6. The van der Waals surface area contributed by atoms with E-state index < -0.39 is 10.0 Å². The van der Waals surface area contributed by atoms with Crippen LogP contribution in [0.4, 0.5) is 0 Å². The van der Waals surface area contributed by atoms with E-state index in [0.29, 0.717) is 12.6 Å². The highest BCUT2D eigenvalue weighted by atomic mass is 32.2. The molecule has 1 heterocycles. The molecule has 104 valence electrons. The maximum atomic E-state index is 10.9. The largest absolute Gasteiger partial charge is 0.333 e. The second kappa shape index (κ2) is 6.86. The Kier molecular flexibility index (Phi) is 5.77. The van der Waals surface area contributed by atoms with Crippen molar-refractivity contribution in [1.82, 2.24) is 19.6 Å². The van der Waals surface area contributed by atoms with Crippen LogP contribution in [0, 0.1) is 0 Å². The van der Waals surface area contributed by atoms with Gasteiger partial charge in [0.05, 0.1) is 18.3 Å². The van der Waals surface area contributed by atoms with Crippen LogP contribution < -0.4 is 10.0 Å². The van der Waals surface area contributed by atoms with Gasteiger partial charge in [0, 0.05) is 31.9 Å². The molecule has 0 bridgehead atoms. The number of imidazole rings is 1. The zero-order valence-electron chi connectivity index (χ0n) is 11.2. The van der Waals surface area contributed by atoms with Gasteiger partial charge in [-0.2, -0.15) is 0 Å². The van der Waals surface area contributed by atoms with Crippen LogP contribution in [0.5, 0.6) is 0 Å². The van der Waals surface area contributed by atoms with Crippen LogP contribution in [-0.4, -0.2) is 36.8 Å². The van der Waals surface area contributed by atoms with Crippen molar-refractivity contribution in [3.8, 4) is 0 Å². The van der Waals surface area contributed by atoms with Gasteiger partial charge >= 0.3 is 0 Å². The Bertz CT molecular complexity index is 453. The third-order valence-electron chi connectivity index (χ3n) is 2.43. The molecule has 18 heavy (non-hydrogen) atoms. The Morgan fingerprint density at radius 2 is 2.17 bits per heavy atom. The molecule has 0 fully saturated rings. The maximum Gasteiger partial charge on any atom is 0.208 e. The predicted octanol–water partition coefficient (Wildman–Crippen LogP) is 0.320. The molecule has 6 nitrogen and oxygen atoms in total. The zero-order valence-corrected chi connectivity index (χ0v) is 12.0. The van der Waals surface area contributed by atoms with Crippen LogP contribution in [0.25, 0.3) is 0 Å². The number of hydrogen-bond donors (Lipinski definition) is 2. The van der Waals surface area contributed by atoms with Crippen LogP contribution in [0.1, 0.15) is 26.0 Å². The molecule has 0 saturated carbocycles. The van der Waals surface area contributed by atoms with E-state index >= 15 is 0 Å². The SMILES string of the molecule is CC(C)NCc1cncn1CCCNS(C)(=O)=O. The fraction of sp³-hybridized carbons (Fsp3) is 0.727. The van der Waals surface area contributed by atoms with E-state index in [1.54, 1.807) is 6.33 Å². The van der Waals surface area contributed by atoms with Gasteiger partial charge in [0.15, 0.2) is 0 Å². The normalized spacial score (nSPS) is 12.2. The Morgan fingerprint density at radius 1 is 1.44 bits per heavy atom. The molecule has 0 aliphatic carbocycles. The predicted molar refractivity (Wildman–Crippen MR) is 71.7 cm³/mol. The lowest BCUT2D eigenvalue weighted by atomic mass is 10.3. The van der Waals surface area contributed by atoms with Gasteiger partial charge in [-0.25, -0.2) is 18.1 Å². The summed E-state index contributed by atoms with van der Waals surface area (Å²) in [6.45, 7) is 6.18. The van der Waals surface area contributed by atoms with Crippen molar-refractivity contribution in [3.63, 3.8) is 0 Å². The topological polar surface area (TPSA) is 76.0 Å². The minimum absolute atomic E-state index is 0.431. The second-order valence-corrected chi connectivity index (χ2v) is 6.47. The molecule has 1 aromatic rings. The first-order chi connectivity index (χ1) is 8.38. The molecule has 0 spiro atoms. The van der Waals surface area contributed by atoms with Crippen LogP contribution in [0.15, 0.2) is 12.5 Å². The quantitative estimate of drug-likeness (QED) is 0.669. The molecule has 1 rings (SSSR count). The highest BCUT2D eigenvalue weighted by Crippen LogP contribution is 2.01. The van der Waals surface area contributed by atoms with Gasteiger partial charge in [-0.3, -0.25) is 0 Å². The maximum absolute atomic E-state index is 10.9. The summed E-state index contributed by atoms with van der Waals surface area (Å²) in [6.07, 6.45) is 5.53. The number of rotatable bonds is 8. The van der Waals surface area contributed by atoms with Gasteiger partial charge in [-0.1, -0.05) is 13.8 Å². The van der Waals surface area contributed by atoms with Crippen molar-refractivity contribution in [2.24, 2.45) is 0 Å². The van der Waals surface area contributed by atoms with Crippen molar-refractivity contribution >= 4 is 10.0 Å². The lowest BCUT2D eigenvalue weighted by Crippen LogP contribution is -2.25. The Balaban J connectivity index is 2.36. The molecule has 0 amide bonds. The van der Waals surface area contributed by atoms with Crippen LogP contribution in [0.2, 0.25) is 0 Å². The molecule has 1 aromatic heterocycles. The molecule has 0 atom stereocenters. The molecule has 0 unspecified atom stereocenters. The molecule has 0 radical (unpaired) electrons. The first kappa shape index (κ1) is 15.1. The van der Waals surface area contributed by atoms with E-state index in [4.69, 9.17) is 0 Å². The lowest BCUT2D eigenvalue weighted by molar-refractivity contribution is 0.540. The first-order valence-corrected chi connectivity index (χ1v) is 7.94. The van der Waals surface area contributed by atoms with E-state index in [9.17, 15) is 8.42 Å². The number of hydrogen-bond acceptors (Lipinski definition) is 4. The monoisotopic (exact) mass is 274 g/mol. The summed E-state index contributed by atoms with van der Waals surface area (Å²) in [5.74, 6) is 0. The minimum Gasteiger partial charge on any atom is -0.333 e. The fourth-order valence-corrected chi connectivity index (χ4v) is 2.03. The van der Waals surface area contributed by atoms with E-state index in [2.05, 4.69) is 28.9 Å². The molecular weight excluding hydrogens is 252 g/mol. The van der Waals surface area contributed by atoms with E-state index in [0.717, 1.165) is 25.2 Å². The molecule has 2 N–H and O–H groups in total. The summed E-state index contributed by atoms with van der Waals surface area (Å²) < 4.78 is 26.3. The number of nitrogens with zero attached hydrogens (tertiary/aromatic N) is 2. The summed E-state index contributed by atoms with van der Waals surface area (Å²) >= 11 is 0. The summed E-state index contributed by atoms with van der Waals surface area (Å²) in [4.78, 5) is 4.11. The van der Waals surface area contributed by atoms with Gasteiger partial charge < -0.3 is 9.88 Å². The van der Waals surface area contributed by atoms with Crippen molar-refractivity contribution in [3.05, 3.63) is 18.2 Å². The lowest BCUT2D eigenvalue weighted by Gasteiger charge is -2.11. The van der Waals surface area contributed by atoms with Crippen LogP contribution >= 0.6 is 0 Å². The van der Waals surface area contributed by atoms with Crippen molar-refractivity contribution < 1.29 is 8.42 Å². The van der Waals surface area contributed by atoms with E-state index in [-0.39, 0.29) is 0 Å². The average Bonchev–Trinajstić information content (AvgIpc) is 2.67. The van der Waals surface area contributed by atoms with Crippen molar-refractivity contribution in [1.29, 1.82) is 0 Å². The summed E-state index contributed by atoms with van der Waals surface area (Å²) in [5, 5.41) is 3.33. The molecule has 0 saturated heterocycles. The Hall–Kier alpha value is -0.920. The van der Waals surface area contributed by atoms with Crippen LogP contribution in [0.3, 0.4) is 0 Å². The third-order valence-corrected chi connectivity index (χ3v) is 3.16. The standard InChI is InChI=1S/C11H22N4O2S/c1-10(2)13-8-11-7-12-9-15(11)6-4-5-14-18(3,16)17/h7,9-10,13-14H,4-6,8H2,1-3H3. The number of aryl methyl sites for hydroxylation is 1. The average molecular weight is 274 g/mol. The molecule has 7 heteroatoms. The van der Waals surface area contributed by atoms with Gasteiger partial charge in [-0.05, 0) is 6.42 Å². The highest BCUT2D eigenvalue weighted by molar-refractivity contribution is 7.88. The summed E-state index contributed by atoms with van der Waals surface area (Å²) in [5.41, 5.74) is 1.11. The molecule has 0 aliphatic rings.